The molecule has 2 aromatic carbocycles. The van der Waals surface area contributed by atoms with Crippen LogP contribution < -0.4 is 10.3 Å². The normalized spacial score (nSPS) is 15.3. The van der Waals surface area contributed by atoms with Crippen molar-refractivity contribution in [2.75, 3.05) is 37.6 Å². The van der Waals surface area contributed by atoms with Crippen LogP contribution in [0.1, 0.15) is 17.7 Å². The van der Waals surface area contributed by atoms with Crippen LogP contribution in [0.5, 0.6) is 0 Å². The van der Waals surface area contributed by atoms with Gasteiger partial charge in [-0.05, 0) is 44.2 Å². The molecule has 0 N–H and O–H groups in total. The van der Waals surface area contributed by atoms with Crippen molar-refractivity contribution in [1.82, 2.24) is 4.90 Å². The van der Waals surface area contributed by atoms with Gasteiger partial charge in [0.25, 0.3) is 0 Å². The van der Waals surface area contributed by atoms with Crippen molar-refractivity contribution in [2.45, 2.75) is 19.8 Å². The monoisotopic (exact) mass is 380 g/mol. The summed E-state index contributed by atoms with van der Waals surface area (Å²) in [6.07, 6.45) is 1.60. The lowest BCUT2D eigenvalue weighted by Crippen LogP contribution is -2.46. The van der Waals surface area contributed by atoms with Crippen LogP contribution in [-0.4, -0.2) is 37.6 Å². The number of benzene rings is 2. The first kappa shape index (κ1) is 18.7. The molecule has 3 aromatic rings. The van der Waals surface area contributed by atoms with Gasteiger partial charge in [-0.25, -0.2) is 4.39 Å². The van der Waals surface area contributed by atoms with Crippen molar-refractivity contribution < 1.29 is 8.81 Å². The van der Waals surface area contributed by atoms with Crippen molar-refractivity contribution >= 4 is 16.7 Å². The average Bonchev–Trinajstić information content (AvgIpc) is 2.72. The molecular weight excluding hydrogens is 355 g/mol. The van der Waals surface area contributed by atoms with Crippen molar-refractivity contribution in [2.24, 2.45) is 0 Å². The van der Waals surface area contributed by atoms with E-state index in [0.717, 1.165) is 39.1 Å². The topological polar surface area (TPSA) is 36.7 Å². The summed E-state index contributed by atoms with van der Waals surface area (Å²) in [7, 11) is 0. The summed E-state index contributed by atoms with van der Waals surface area (Å²) in [6.45, 7) is 6.86. The summed E-state index contributed by atoms with van der Waals surface area (Å²) < 4.78 is 19.3. The SMILES string of the molecule is Cc1c(CCCN2CCN(c3ccccc3)CC2)oc2cc(F)ccc2c1=O. The molecule has 0 amide bonds. The molecule has 4 rings (SSSR count). The minimum absolute atomic E-state index is 0.0623. The standard InChI is InChI=1S/C23H25FN2O2/c1-17-21(28-22-16-18(24)9-10-20(22)23(17)27)8-5-11-25-12-14-26(15-13-25)19-6-3-2-4-7-19/h2-4,6-7,9-10,16H,5,8,11-15H2,1H3. The molecule has 0 bridgehead atoms. The van der Waals surface area contributed by atoms with E-state index in [4.69, 9.17) is 4.42 Å². The number of hydrogen-bond donors (Lipinski definition) is 0. The number of fused-ring (bicyclic) bond motifs is 1. The zero-order valence-electron chi connectivity index (χ0n) is 16.2. The summed E-state index contributed by atoms with van der Waals surface area (Å²) >= 11 is 0. The smallest absolute Gasteiger partial charge is 0.195 e. The molecule has 0 aliphatic carbocycles. The molecule has 2 heterocycles. The van der Waals surface area contributed by atoms with Gasteiger partial charge in [0, 0.05) is 49.9 Å². The quantitative estimate of drug-likeness (QED) is 0.671. The molecule has 1 saturated heterocycles. The van der Waals surface area contributed by atoms with Gasteiger partial charge in [-0.3, -0.25) is 9.69 Å². The van der Waals surface area contributed by atoms with Crippen molar-refractivity contribution in [3.8, 4) is 0 Å². The minimum Gasteiger partial charge on any atom is -0.460 e. The van der Waals surface area contributed by atoms with Gasteiger partial charge in [0.2, 0.25) is 0 Å². The second-order valence-corrected chi connectivity index (χ2v) is 7.39. The second kappa shape index (κ2) is 8.15. The van der Waals surface area contributed by atoms with E-state index in [-0.39, 0.29) is 11.2 Å². The highest BCUT2D eigenvalue weighted by Crippen LogP contribution is 2.19. The molecule has 0 saturated carbocycles. The zero-order valence-corrected chi connectivity index (χ0v) is 16.2. The van der Waals surface area contributed by atoms with Crippen LogP contribution in [0.15, 0.2) is 57.7 Å². The highest BCUT2D eigenvalue weighted by atomic mass is 19.1. The maximum atomic E-state index is 13.5. The van der Waals surface area contributed by atoms with E-state index in [0.29, 0.717) is 28.7 Å². The maximum Gasteiger partial charge on any atom is 0.195 e. The number of aryl methyl sites for hydroxylation is 1. The van der Waals surface area contributed by atoms with Gasteiger partial charge in [0.1, 0.15) is 17.2 Å². The Morgan fingerprint density at radius 2 is 1.79 bits per heavy atom. The largest absolute Gasteiger partial charge is 0.460 e. The molecule has 1 aliphatic rings. The van der Waals surface area contributed by atoms with E-state index in [1.165, 1.54) is 23.9 Å². The van der Waals surface area contributed by atoms with E-state index < -0.39 is 0 Å². The molecule has 1 aromatic heterocycles. The van der Waals surface area contributed by atoms with E-state index >= 15 is 0 Å². The second-order valence-electron chi connectivity index (χ2n) is 7.39. The third kappa shape index (κ3) is 3.94. The van der Waals surface area contributed by atoms with E-state index in [9.17, 15) is 9.18 Å². The number of piperazine rings is 1. The fourth-order valence-corrected chi connectivity index (χ4v) is 3.88. The molecule has 28 heavy (non-hydrogen) atoms. The van der Waals surface area contributed by atoms with E-state index in [2.05, 4.69) is 34.1 Å². The van der Waals surface area contributed by atoms with Crippen LogP contribution in [0.4, 0.5) is 10.1 Å². The summed E-state index contributed by atoms with van der Waals surface area (Å²) in [5.74, 6) is 0.285. The van der Waals surface area contributed by atoms with Crippen LogP contribution in [0.3, 0.4) is 0 Å². The fourth-order valence-electron chi connectivity index (χ4n) is 3.88. The van der Waals surface area contributed by atoms with Crippen LogP contribution in [0, 0.1) is 12.7 Å². The lowest BCUT2D eigenvalue weighted by atomic mass is 10.1. The molecule has 1 fully saturated rings. The van der Waals surface area contributed by atoms with Gasteiger partial charge in [-0.1, -0.05) is 18.2 Å². The fraction of sp³-hybridized carbons (Fsp3) is 0.348. The Kier molecular flexibility index (Phi) is 5.44. The molecule has 0 unspecified atom stereocenters. The first-order valence-electron chi connectivity index (χ1n) is 9.86. The lowest BCUT2D eigenvalue weighted by Gasteiger charge is -2.36. The Hall–Kier alpha value is -2.66. The Labute approximate surface area is 164 Å². The van der Waals surface area contributed by atoms with Crippen LogP contribution >= 0.6 is 0 Å². The predicted octanol–water partition coefficient (Wildman–Crippen LogP) is 4.00. The van der Waals surface area contributed by atoms with Gasteiger partial charge < -0.3 is 9.32 Å². The Balaban J connectivity index is 1.35. The number of para-hydroxylation sites is 1. The van der Waals surface area contributed by atoms with Crippen molar-refractivity contribution in [3.63, 3.8) is 0 Å². The van der Waals surface area contributed by atoms with Gasteiger partial charge in [0.15, 0.2) is 5.43 Å². The first-order chi connectivity index (χ1) is 13.6. The number of hydrogen-bond acceptors (Lipinski definition) is 4. The van der Waals surface area contributed by atoms with Crippen molar-refractivity contribution in [3.05, 3.63) is 75.9 Å². The van der Waals surface area contributed by atoms with E-state index in [1.807, 2.05) is 6.07 Å². The van der Waals surface area contributed by atoms with Gasteiger partial charge in [-0.2, -0.15) is 0 Å². The van der Waals surface area contributed by atoms with E-state index in [1.54, 1.807) is 6.92 Å². The average molecular weight is 380 g/mol. The van der Waals surface area contributed by atoms with Crippen LogP contribution in [0.25, 0.3) is 11.0 Å². The summed E-state index contributed by atoms with van der Waals surface area (Å²) in [6, 6.07) is 14.6. The third-order valence-corrected chi connectivity index (χ3v) is 5.55. The third-order valence-electron chi connectivity index (χ3n) is 5.55. The number of anilines is 1. The molecule has 5 heteroatoms. The molecular formula is C23H25FN2O2. The highest BCUT2D eigenvalue weighted by molar-refractivity contribution is 5.77. The van der Waals surface area contributed by atoms with Gasteiger partial charge in [0.05, 0.1) is 5.39 Å². The van der Waals surface area contributed by atoms with Gasteiger partial charge >= 0.3 is 0 Å². The minimum atomic E-state index is -0.387. The Morgan fingerprint density at radius 1 is 1.04 bits per heavy atom. The number of nitrogens with zero attached hydrogens (tertiary/aromatic N) is 2. The molecule has 0 radical (unpaired) electrons. The summed E-state index contributed by atoms with van der Waals surface area (Å²) in [4.78, 5) is 17.4. The molecule has 146 valence electrons. The molecule has 0 spiro atoms. The number of rotatable bonds is 5. The summed E-state index contributed by atoms with van der Waals surface area (Å²) in [5, 5.41) is 0.444. The highest BCUT2D eigenvalue weighted by Gasteiger charge is 2.17. The maximum absolute atomic E-state index is 13.5. The molecule has 0 atom stereocenters. The predicted molar refractivity (Wildman–Crippen MR) is 111 cm³/mol. The first-order valence-corrected chi connectivity index (χ1v) is 9.86. The summed E-state index contributed by atoms with van der Waals surface area (Å²) in [5.41, 5.74) is 2.19. The molecule has 4 nitrogen and oxygen atoms in total. The van der Waals surface area contributed by atoms with Crippen molar-refractivity contribution in [1.29, 1.82) is 0 Å². The van der Waals surface area contributed by atoms with Gasteiger partial charge in [-0.15, -0.1) is 0 Å². The zero-order chi connectivity index (χ0) is 19.5. The lowest BCUT2D eigenvalue weighted by molar-refractivity contribution is 0.253. The Morgan fingerprint density at radius 3 is 2.54 bits per heavy atom. The Bertz CT molecular complexity index is 1010. The molecule has 1 aliphatic heterocycles. The van der Waals surface area contributed by atoms with Crippen LogP contribution in [-0.2, 0) is 6.42 Å². The van der Waals surface area contributed by atoms with Crippen LogP contribution in [0.2, 0.25) is 0 Å². The number of halogens is 1.